The van der Waals surface area contributed by atoms with Crippen LogP contribution in [-0.4, -0.2) is 20.6 Å². The largest absolute Gasteiger partial charge is 0.348 e. The predicted molar refractivity (Wildman–Crippen MR) is 77.2 cm³/mol. The Labute approximate surface area is 125 Å². The molecular weight excluding hydrogens is 296 g/mol. The topological polar surface area (TPSA) is 90.1 Å². The van der Waals surface area contributed by atoms with E-state index in [-0.39, 0.29) is 22.8 Å². The highest BCUT2D eigenvalue weighted by Gasteiger charge is 2.23. The molecule has 110 valence electrons. The van der Waals surface area contributed by atoms with E-state index in [1.165, 1.54) is 18.2 Å². The zero-order valence-electron chi connectivity index (χ0n) is 11.5. The lowest BCUT2D eigenvalue weighted by atomic mass is 10.1. The lowest BCUT2D eigenvalue weighted by molar-refractivity contribution is -0.385. The number of para-hydroxylation sites is 1. The zero-order valence-corrected chi connectivity index (χ0v) is 12.2. The minimum Gasteiger partial charge on any atom is -0.348 e. The molecule has 0 aliphatic rings. The molecule has 0 unspecified atom stereocenters. The van der Waals surface area contributed by atoms with Crippen molar-refractivity contribution in [1.82, 2.24) is 15.1 Å². The van der Waals surface area contributed by atoms with Gasteiger partial charge >= 0.3 is 5.69 Å². The Morgan fingerprint density at radius 1 is 1.52 bits per heavy atom. The molecule has 8 heteroatoms. The Morgan fingerprint density at radius 3 is 2.81 bits per heavy atom. The first-order valence-corrected chi connectivity index (χ1v) is 6.48. The van der Waals surface area contributed by atoms with Gasteiger partial charge in [-0.05, 0) is 19.1 Å². The Hall–Kier alpha value is -2.41. The van der Waals surface area contributed by atoms with E-state index >= 15 is 0 Å². The van der Waals surface area contributed by atoms with Gasteiger partial charge in [-0.1, -0.05) is 17.7 Å². The number of amides is 1. The highest BCUT2D eigenvalue weighted by Crippen LogP contribution is 2.28. The van der Waals surface area contributed by atoms with E-state index in [2.05, 4.69) is 10.4 Å². The van der Waals surface area contributed by atoms with E-state index in [0.717, 1.165) is 11.3 Å². The van der Waals surface area contributed by atoms with Gasteiger partial charge in [0, 0.05) is 25.4 Å². The van der Waals surface area contributed by atoms with Crippen molar-refractivity contribution in [3.63, 3.8) is 0 Å². The van der Waals surface area contributed by atoms with Gasteiger partial charge in [-0.15, -0.1) is 0 Å². The predicted octanol–water partition coefficient (Wildman–Crippen LogP) is 2.22. The van der Waals surface area contributed by atoms with E-state index in [0.29, 0.717) is 0 Å². The van der Waals surface area contributed by atoms with Crippen molar-refractivity contribution in [3.05, 3.63) is 56.4 Å². The van der Waals surface area contributed by atoms with Crippen LogP contribution in [0.3, 0.4) is 0 Å². The second kappa shape index (κ2) is 5.92. The van der Waals surface area contributed by atoms with Crippen molar-refractivity contribution in [3.8, 4) is 0 Å². The first kappa shape index (κ1) is 15.0. The van der Waals surface area contributed by atoms with E-state index < -0.39 is 10.8 Å². The van der Waals surface area contributed by atoms with Crippen LogP contribution < -0.4 is 5.32 Å². The van der Waals surface area contributed by atoms with Gasteiger partial charge in [-0.3, -0.25) is 19.6 Å². The van der Waals surface area contributed by atoms with Crippen molar-refractivity contribution in [2.45, 2.75) is 13.5 Å². The maximum absolute atomic E-state index is 12.1. The van der Waals surface area contributed by atoms with E-state index in [1.54, 1.807) is 17.9 Å². The smallest absolute Gasteiger partial charge is 0.300 e. The summed E-state index contributed by atoms with van der Waals surface area (Å²) < 4.78 is 1.64. The molecule has 0 fully saturated rings. The van der Waals surface area contributed by atoms with Crippen LogP contribution in [0.2, 0.25) is 5.02 Å². The molecule has 0 saturated heterocycles. The van der Waals surface area contributed by atoms with Gasteiger partial charge in [0.25, 0.3) is 5.91 Å². The summed E-state index contributed by atoms with van der Waals surface area (Å²) in [7, 11) is 1.78. The maximum atomic E-state index is 12.1. The van der Waals surface area contributed by atoms with Crippen LogP contribution in [0.25, 0.3) is 0 Å². The Kier molecular flexibility index (Phi) is 4.23. The molecule has 0 spiro atoms. The molecule has 1 aromatic heterocycles. The third kappa shape index (κ3) is 3.19. The number of carbonyl (C=O) groups is 1. The van der Waals surface area contributed by atoms with Crippen LogP contribution >= 0.6 is 11.6 Å². The van der Waals surface area contributed by atoms with Crippen LogP contribution in [-0.2, 0) is 13.6 Å². The van der Waals surface area contributed by atoms with Crippen molar-refractivity contribution in [2.75, 3.05) is 0 Å². The van der Waals surface area contributed by atoms with Crippen LogP contribution in [0, 0.1) is 17.0 Å². The van der Waals surface area contributed by atoms with Gasteiger partial charge in [-0.2, -0.15) is 5.10 Å². The third-order valence-electron chi connectivity index (χ3n) is 2.97. The molecule has 1 amide bonds. The highest BCUT2D eigenvalue weighted by molar-refractivity contribution is 6.33. The average Bonchev–Trinajstić information content (AvgIpc) is 2.73. The fourth-order valence-corrected chi connectivity index (χ4v) is 2.22. The summed E-state index contributed by atoms with van der Waals surface area (Å²) in [5.41, 5.74) is 1.18. The monoisotopic (exact) mass is 308 g/mol. The molecule has 1 N–H and O–H groups in total. The molecule has 1 aromatic carbocycles. The van der Waals surface area contributed by atoms with E-state index in [4.69, 9.17) is 11.6 Å². The number of nitro groups is 1. The Balaban J connectivity index is 2.20. The first-order valence-electron chi connectivity index (χ1n) is 6.10. The fraction of sp³-hybridized carbons (Fsp3) is 0.231. The molecule has 1 heterocycles. The molecule has 0 atom stereocenters. The third-order valence-corrected chi connectivity index (χ3v) is 3.27. The number of nitrogens with one attached hydrogen (secondary N) is 1. The number of aryl methyl sites for hydroxylation is 2. The van der Waals surface area contributed by atoms with Crippen LogP contribution in [0.5, 0.6) is 0 Å². The van der Waals surface area contributed by atoms with E-state index in [1.807, 2.05) is 6.92 Å². The number of benzene rings is 1. The fourth-order valence-electron chi connectivity index (χ4n) is 1.98. The number of nitrogens with zero attached hydrogens (tertiary/aromatic N) is 3. The summed E-state index contributed by atoms with van der Waals surface area (Å²) in [6, 6.07) is 4.25. The first-order chi connectivity index (χ1) is 9.90. The second-order valence-corrected chi connectivity index (χ2v) is 4.90. The summed E-state index contributed by atoms with van der Waals surface area (Å²) in [4.78, 5) is 22.5. The molecule has 2 rings (SSSR count). The second-order valence-electron chi connectivity index (χ2n) is 4.49. The molecule has 0 radical (unpaired) electrons. The molecule has 21 heavy (non-hydrogen) atoms. The van der Waals surface area contributed by atoms with Crippen molar-refractivity contribution >= 4 is 23.2 Å². The van der Waals surface area contributed by atoms with Gasteiger partial charge in [-0.25, -0.2) is 0 Å². The van der Waals surface area contributed by atoms with Gasteiger partial charge in [0.05, 0.1) is 10.6 Å². The highest BCUT2D eigenvalue weighted by atomic mass is 35.5. The molecule has 2 aromatic rings. The van der Waals surface area contributed by atoms with Gasteiger partial charge in [0.2, 0.25) is 0 Å². The summed E-state index contributed by atoms with van der Waals surface area (Å²) in [6.45, 7) is 2.06. The average molecular weight is 309 g/mol. The van der Waals surface area contributed by atoms with Crippen LogP contribution in [0.15, 0.2) is 24.4 Å². The van der Waals surface area contributed by atoms with Crippen LogP contribution in [0.4, 0.5) is 5.69 Å². The minimum absolute atomic E-state index is 0.0611. The number of carbonyl (C=O) groups excluding carboxylic acids is 1. The van der Waals surface area contributed by atoms with Gasteiger partial charge in [0.1, 0.15) is 10.6 Å². The molecule has 0 aliphatic carbocycles. The molecular formula is C13H13ClN4O3. The van der Waals surface area contributed by atoms with Crippen molar-refractivity contribution in [2.24, 2.45) is 7.05 Å². The Bertz CT molecular complexity index is 711. The summed E-state index contributed by atoms with van der Waals surface area (Å²) in [5, 5.41) is 17.7. The van der Waals surface area contributed by atoms with Crippen LogP contribution in [0.1, 0.15) is 21.6 Å². The summed E-state index contributed by atoms with van der Waals surface area (Å²) in [6.07, 6.45) is 1.78. The molecule has 0 saturated carbocycles. The quantitative estimate of drug-likeness (QED) is 0.692. The SMILES string of the molecule is Cc1nn(C)cc1CNC(=O)c1cccc(Cl)c1[N+](=O)[O-]. The summed E-state index contributed by atoms with van der Waals surface area (Å²) >= 11 is 5.78. The normalized spacial score (nSPS) is 10.4. The lowest BCUT2D eigenvalue weighted by Crippen LogP contribution is -2.24. The Morgan fingerprint density at radius 2 is 2.24 bits per heavy atom. The number of rotatable bonds is 4. The van der Waals surface area contributed by atoms with Gasteiger partial charge in [0.15, 0.2) is 0 Å². The molecule has 0 bridgehead atoms. The lowest BCUT2D eigenvalue weighted by Gasteiger charge is -2.06. The number of halogens is 1. The maximum Gasteiger partial charge on any atom is 0.300 e. The van der Waals surface area contributed by atoms with Gasteiger partial charge < -0.3 is 5.32 Å². The number of hydrogen-bond acceptors (Lipinski definition) is 4. The molecule has 0 aliphatic heterocycles. The zero-order chi connectivity index (χ0) is 15.6. The number of hydrogen-bond donors (Lipinski definition) is 1. The standard InChI is InChI=1S/C13H13ClN4O3/c1-8-9(7-17(2)16-8)6-15-13(19)10-4-3-5-11(14)12(10)18(20)21/h3-5,7H,6H2,1-2H3,(H,15,19). The van der Waals surface area contributed by atoms with E-state index in [9.17, 15) is 14.9 Å². The summed E-state index contributed by atoms with van der Waals surface area (Å²) in [5.74, 6) is -0.549. The number of aromatic nitrogens is 2. The minimum atomic E-state index is -0.660. The van der Waals surface area contributed by atoms with Crippen molar-refractivity contribution in [1.29, 1.82) is 0 Å². The molecule has 7 nitrogen and oxygen atoms in total. The number of nitro benzene ring substituents is 1. The van der Waals surface area contributed by atoms with Crippen molar-refractivity contribution < 1.29 is 9.72 Å².